The van der Waals surface area contributed by atoms with E-state index in [1.54, 1.807) is 17.7 Å². The third-order valence-electron chi connectivity index (χ3n) is 4.46. The van der Waals surface area contributed by atoms with Gasteiger partial charge >= 0.3 is 0 Å². The van der Waals surface area contributed by atoms with Crippen molar-refractivity contribution in [1.29, 1.82) is 0 Å². The number of hydrogen-bond donors (Lipinski definition) is 1. The van der Waals surface area contributed by atoms with Crippen molar-refractivity contribution in [1.82, 2.24) is 24.8 Å². The Morgan fingerprint density at radius 2 is 1.86 bits per heavy atom. The number of carbonyl (C=O) groups is 1. The van der Waals surface area contributed by atoms with Crippen LogP contribution in [0.15, 0.2) is 47.4 Å². The van der Waals surface area contributed by atoms with Crippen molar-refractivity contribution in [3.63, 3.8) is 0 Å². The number of nitrogens with two attached hydrogens (primary N) is 1. The highest BCUT2D eigenvalue weighted by Gasteiger charge is 2.24. The highest BCUT2D eigenvalue weighted by Crippen LogP contribution is 2.22. The smallest absolute Gasteiger partial charge is 0.252 e. The summed E-state index contributed by atoms with van der Waals surface area (Å²) in [6.07, 6.45) is 2.25. The van der Waals surface area contributed by atoms with Crippen LogP contribution in [-0.2, 0) is 14.6 Å². The lowest BCUT2D eigenvalue weighted by molar-refractivity contribution is -0.118. The molecule has 29 heavy (non-hydrogen) atoms. The van der Waals surface area contributed by atoms with Crippen LogP contribution in [-0.4, -0.2) is 45.4 Å². The van der Waals surface area contributed by atoms with Crippen LogP contribution in [0.3, 0.4) is 0 Å². The first-order valence-electron chi connectivity index (χ1n) is 8.72. The van der Waals surface area contributed by atoms with E-state index < -0.39 is 26.7 Å². The monoisotopic (exact) mass is 416 g/mol. The molecule has 2 heterocycles. The van der Waals surface area contributed by atoms with Gasteiger partial charge in [-0.3, -0.25) is 14.2 Å². The van der Waals surface area contributed by atoms with Crippen LogP contribution in [0.5, 0.6) is 0 Å². The zero-order chi connectivity index (χ0) is 21.2. The van der Waals surface area contributed by atoms with E-state index >= 15 is 0 Å². The maximum atomic E-state index is 12.6. The molecule has 0 saturated heterocycles. The van der Waals surface area contributed by atoms with E-state index in [-0.39, 0.29) is 12.8 Å². The maximum Gasteiger partial charge on any atom is 0.252 e. The third kappa shape index (κ3) is 4.57. The summed E-state index contributed by atoms with van der Waals surface area (Å²) < 4.78 is 26.9. The van der Waals surface area contributed by atoms with Crippen molar-refractivity contribution >= 4 is 15.7 Å². The molecule has 152 valence electrons. The van der Waals surface area contributed by atoms with Gasteiger partial charge in [-0.15, -0.1) is 5.10 Å². The van der Waals surface area contributed by atoms with Gasteiger partial charge < -0.3 is 5.73 Å². The molecule has 10 nitrogen and oxygen atoms in total. The number of tetrazole rings is 1. The maximum absolute atomic E-state index is 12.6. The molecule has 2 aromatic heterocycles. The molecule has 0 aliphatic carbocycles. The Morgan fingerprint density at radius 3 is 2.38 bits per heavy atom. The molecule has 1 unspecified atom stereocenters. The fourth-order valence-electron chi connectivity index (χ4n) is 3.00. The van der Waals surface area contributed by atoms with Gasteiger partial charge in [0.2, 0.25) is 5.91 Å². The highest BCUT2D eigenvalue weighted by molar-refractivity contribution is 7.90. The van der Waals surface area contributed by atoms with Gasteiger partial charge in [-0.2, -0.15) is 4.68 Å². The number of pyridine rings is 1. The molecule has 0 radical (unpaired) electrons. The first-order chi connectivity index (χ1) is 13.7. The molecule has 0 aliphatic rings. The first-order valence-corrected chi connectivity index (χ1v) is 10.7. The van der Waals surface area contributed by atoms with Crippen LogP contribution in [0.25, 0.3) is 16.8 Å². The second-order valence-electron chi connectivity index (χ2n) is 6.63. The number of sulfone groups is 1. The molecular formula is C18H20N6O4S. The van der Waals surface area contributed by atoms with E-state index in [9.17, 15) is 18.0 Å². The van der Waals surface area contributed by atoms with Gasteiger partial charge in [0, 0.05) is 24.9 Å². The standard InChI is InChI=1S/C18H20N6O4S/c1-12-20-21-22-24(12)15-5-3-13(4-6-15)14-9-10-23(17(26)11-14)18(29(2,27)28)8-7-16(19)25/h3-6,9-11,18H,7-8H2,1-2H3,(H2,19,25). The van der Waals surface area contributed by atoms with Gasteiger partial charge in [-0.1, -0.05) is 12.1 Å². The van der Waals surface area contributed by atoms with E-state index in [0.717, 1.165) is 22.1 Å². The molecule has 0 bridgehead atoms. The lowest BCUT2D eigenvalue weighted by Crippen LogP contribution is -2.29. The Bertz CT molecular complexity index is 1200. The average molecular weight is 416 g/mol. The van der Waals surface area contributed by atoms with Gasteiger partial charge in [0.25, 0.3) is 5.56 Å². The number of rotatable bonds is 7. The summed E-state index contributed by atoms with van der Waals surface area (Å²) in [6.45, 7) is 1.78. The summed E-state index contributed by atoms with van der Waals surface area (Å²) in [5.41, 5.74) is 6.82. The second-order valence-corrected chi connectivity index (χ2v) is 8.84. The van der Waals surface area contributed by atoms with Gasteiger partial charge in [-0.05, 0) is 53.1 Å². The Morgan fingerprint density at radius 1 is 1.17 bits per heavy atom. The Balaban J connectivity index is 1.91. The Labute approximate surface area is 166 Å². The Hall–Kier alpha value is -3.34. The number of hydrogen-bond acceptors (Lipinski definition) is 7. The summed E-state index contributed by atoms with van der Waals surface area (Å²) in [5, 5.41) is 10.2. The summed E-state index contributed by atoms with van der Waals surface area (Å²) in [5.74, 6) is 0.0179. The number of benzene rings is 1. The van der Waals surface area contributed by atoms with Crippen molar-refractivity contribution in [3.8, 4) is 16.8 Å². The van der Waals surface area contributed by atoms with Crippen LogP contribution >= 0.6 is 0 Å². The molecule has 1 aromatic carbocycles. The van der Waals surface area contributed by atoms with E-state index in [0.29, 0.717) is 11.4 Å². The normalized spacial score (nSPS) is 12.6. The fraction of sp³-hybridized carbons (Fsp3) is 0.278. The summed E-state index contributed by atoms with van der Waals surface area (Å²) >= 11 is 0. The number of primary amides is 1. The minimum atomic E-state index is -3.61. The van der Waals surface area contributed by atoms with Gasteiger partial charge in [0.1, 0.15) is 5.37 Å². The molecule has 1 amide bonds. The topological polar surface area (TPSA) is 143 Å². The van der Waals surface area contributed by atoms with Gasteiger partial charge in [0.15, 0.2) is 15.7 Å². The molecule has 0 spiro atoms. The Kier molecular flexibility index (Phi) is 5.59. The first kappa shape index (κ1) is 20.4. The van der Waals surface area contributed by atoms with Crippen molar-refractivity contribution < 1.29 is 13.2 Å². The molecule has 3 rings (SSSR count). The largest absolute Gasteiger partial charge is 0.370 e. The summed E-state index contributed by atoms with van der Waals surface area (Å²) in [7, 11) is -3.61. The fourth-order valence-corrected chi connectivity index (χ4v) is 4.13. The number of aryl methyl sites for hydroxylation is 1. The average Bonchev–Trinajstić information content (AvgIpc) is 3.08. The summed E-state index contributed by atoms with van der Waals surface area (Å²) in [4.78, 5) is 23.6. The number of aromatic nitrogens is 5. The molecule has 0 saturated carbocycles. The quantitative estimate of drug-likeness (QED) is 0.594. The summed E-state index contributed by atoms with van der Waals surface area (Å²) in [6, 6.07) is 10.3. The van der Waals surface area contributed by atoms with Crippen molar-refractivity contribution in [2.45, 2.75) is 25.1 Å². The number of nitrogens with zero attached hydrogens (tertiary/aromatic N) is 5. The van der Waals surface area contributed by atoms with Gasteiger partial charge in [-0.25, -0.2) is 8.42 Å². The zero-order valence-electron chi connectivity index (χ0n) is 15.9. The number of carbonyl (C=O) groups excluding carboxylic acids is 1. The zero-order valence-corrected chi connectivity index (χ0v) is 16.7. The minimum absolute atomic E-state index is 0.0621. The molecular weight excluding hydrogens is 396 g/mol. The van der Waals surface area contributed by atoms with E-state index in [1.807, 2.05) is 24.3 Å². The van der Waals surface area contributed by atoms with Crippen molar-refractivity contribution in [2.75, 3.05) is 6.26 Å². The van der Waals surface area contributed by atoms with Gasteiger partial charge in [0.05, 0.1) is 5.69 Å². The highest BCUT2D eigenvalue weighted by atomic mass is 32.2. The van der Waals surface area contributed by atoms with E-state index in [2.05, 4.69) is 15.5 Å². The van der Waals surface area contributed by atoms with E-state index in [4.69, 9.17) is 5.73 Å². The number of amides is 1. The van der Waals surface area contributed by atoms with Crippen LogP contribution in [0, 0.1) is 6.92 Å². The van der Waals surface area contributed by atoms with Crippen LogP contribution in [0.2, 0.25) is 0 Å². The molecule has 11 heteroatoms. The van der Waals surface area contributed by atoms with Crippen LogP contribution in [0.1, 0.15) is 24.0 Å². The lowest BCUT2D eigenvalue weighted by atomic mass is 10.1. The molecule has 0 aliphatic heterocycles. The molecule has 2 N–H and O–H groups in total. The third-order valence-corrected chi connectivity index (χ3v) is 5.91. The molecule has 1 atom stereocenters. The predicted octanol–water partition coefficient (Wildman–Crippen LogP) is 0.608. The van der Waals surface area contributed by atoms with Crippen LogP contribution in [0.4, 0.5) is 0 Å². The van der Waals surface area contributed by atoms with Crippen molar-refractivity contribution in [2.24, 2.45) is 5.73 Å². The second kappa shape index (κ2) is 7.95. The molecule has 0 fully saturated rings. The molecule has 3 aromatic rings. The lowest BCUT2D eigenvalue weighted by Gasteiger charge is -2.18. The van der Waals surface area contributed by atoms with Crippen LogP contribution < -0.4 is 11.3 Å². The van der Waals surface area contributed by atoms with E-state index in [1.165, 1.54) is 12.3 Å². The van der Waals surface area contributed by atoms with Crippen molar-refractivity contribution in [3.05, 3.63) is 58.8 Å². The minimum Gasteiger partial charge on any atom is -0.370 e. The SMILES string of the molecule is Cc1nnnn1-c1ccc(-c2ccn(C(CCC(N)=O)S(C)(=O)=O)c(=O)c2)cc1. The predicted molar refractivity (Wildman–Crippen MR) is 106 cm³/mol.